The molecule has 3 N–H and O–H groups in total. The molecule has 0 bridgehead atoms. The molecule has 1 unspecified atom stereocenters. The van der Waals surface area contributed by atoms with E-state index in [1.54, 1.807) is 12.1 Å². The van der Waals surface area contributed by atoms with Crippen LogP contribution in [0.3, 0.4) is 0 Å². The summed E-state index contributed by atoms with van der Waals surface area (Å²) in [7, 11) is 0. The predicted octanol–water partition coefficient (Wildman–Crippen LogP) is 2.14. The third kappa shape index (κ3) is 2.86. The quantitative estimate of drug-likeness (QED) is 0.688. The van der Waals surface area contributed by atoms with Gasteiger partial charge in [-0.1, -0.05) is 6.07 Å². The maximum Gasteiger partial charge on any atom is 0.157 e. The Kier molecular flexibility index (Phi) is 4.42. The third-order valence-electron chi connectivity index (χ3n) is 2.77. The molecule has 0 aliphatic carbocycles. The highest BCUT2D eigenvalue weighted by Crippen LogP contribution is 2.30. The Balaban J connectivity index is 0.00000112. The second-order valence-electron chi connectivity index (χ2n) is 3.79. The average molecular weight is 274 g/mol. The maximum atomic E-state index is 9.36. The standard InChI is InChI=1S/C11H15NO2.BrH/c13-10-4-3-8(6-11(10)14)9-2-1-5-12-7-9;/h3-4,6,9,12-14H,1-2,5,7H2;1H. The summed E-state index contributed by atoms with van der Waals surface area (Å²) in [6, 6.07) is 5.10. The number of piperidine rings is 1. The average Bonchev–Trinajstić information content (AvgIpc) is 2.23. The van der Waals surface area contributed by atoms with Gasteiger partial charge in [-0.05, 0) is 43.0 Å². The number of nitrogens with one attached hydrogen (secondary N) is 1. The van der Waals surface area contributed by atoms with Gasteiger partial charge in [0.25, 0.3) is 0 Å². The van der Waals surface area contributed by atoms with Crippen molar-refractivity contribution in [2.24, 2.45) is 0 Å². The molecule has 1 aliphatic rings. The summed E-state index contributed by atoms with van der Waals surface area (Å²) in [5.74, 6) is 0.404. The molecule has 0 radical (unpaired) electrons. The second kappa shape index (κ2) is 5.37. The van der Waals surface area contributed by atoms with Crippen molar-refractivity contribution >= 4 is 17.0 Å². The van der Waals surface area contributed by atoms with Crippen LogP contribution in [0.5, 0.6) is 11.5 Å². The highest BCUT2D eigenvalue weighted by atomic mass is 79.9. The summed E-state index contributed by atoms with van der Waals surface area (Å²) in [5, 5.41) is 21.9. The SMILES string of the molecule is Br.Oc1ccc(C2CCCNC2)cc1O. The number of halogens is 1. The van der Waals surface area contributed by atoms with E-state index in [9.17, 15) is 10.2 Å². The van der Waals surface area contributed by atoms with E-state index in [0.717, 1.165) is 25.1 Å². The molecule has 0 amide bonds. The first-order valence-electron chi connectivity index (χ1n) is 5.00. The maximum absolute atomic E-state index is 9.36. The van der Waals surface area contributed by atoms with Crippen molar-refractivity contribution in [3.63, 3.8) is 0 Å². The third-order valence-corrected chi connectivity index (χ3v) is 2.77. The summed E-state index contributed by atoms with van der Waals surface area (Å²) in [6.45, 7) is 2.05. The van der Waals surface area contributed by atoms with Crippen LogP contribution >= 0.6 is 17.0 Å². The summed E-state index contributed by atoms with van der Waals surface area (Å²) in [5.41, 5.74) is 1.10. The summed E-state index contributed by atoms with van der Waals surface area (Å²) < 4.78 is 0. The lowest BCUT2D eigenvalue weighted by Gasteiger charge is -2.23. The molecule has 0 aromatic heterocycles. The smallest absolute Gasteiger partial charge is 0.157 e. The predicted molar refractivity (Wildman–Crippen MR) is 64.9 cm³/mol. The van der Waals surface area contributed by atoms with E-state index >= 15 is 0 Å². The van der Waals surface area contributed by atoms with Gasteiger partial charge in [0.05, 0.1) is 0 Å². The second-order valence-corrected chi connectivity index (χ2v) is 3.79. The fraction of sp³-hybridized carbons (Fsp3) is 0.455. The van der Waals surface area contributed by atoms with Gasteiger partial charge in [0, 0.05) is 6.54 Å². The Morgan fingerprint density at radius 3 is 2.60 bits per heavy atom. The van der Waals surface area contributed by atoms with E-state index < -0.39 is 0 Å². The van der Waals surface area contributed by atoms with Crippen LogP contribution in [0.1, 0.15) is 24.3 Å². The van der Waals surface area contributed by atoms with Crippen LogP contribution in [0.25, 0.3) is 0 Å². The first-order valence-corrected chi connectivity index (χ1v) is 5.00. The Morgan fingerprint density at radius 1 is 1.20 bits per heavy atom. The van der Waals surface area contributed by atoms with Gasteiger partial charge in [-0.15, -0.1) is 17.0 Å². The molecule has 0 spiro atoms. The molecule has 0 saturated carbocycles. The zero-order valence-corrected chi connectivity index (χ0v) is 10.2. The normalized spacial score (nSPS) is 20.7. The Bertz CT molecular complexity index is 324. The zero-order chi connectivity index (χ0) is 9.97. The fourth-order valence-electron chi connectivity index (χ4n) is 1.93. The molecule has 4 heteroatoms. The molecule has 3 nitrogen and oxygen atoms in total. The van der Waals surface area contributed by atoms with Crippen molar-refractivity contribution in [2.45, 2.75) is 18.8 Å². The van der Waals surface area contributed by atoms with Crippen LogP contribution in [0.4, 0.5) is 0 Å². The lowest BCUT2D eigenvalue weighted by Crippen LogP contribution is -2.28. The van der Waals surface area contributed by atoms with Gasteiger partial charge < -0.3 is 15.5 Å². The molecule has 15 heavy (non-hydrogen) atoms. The van der Waals surface area contributed by atoms with Crippen molar-refractivity contribution in [1.82, 2.24) is 5.32 Å². The molecule has 1 aromatic carbocycles. The molecule has 1 aliphatic heterocycles. The minimum atomic E-state index is -0.0440. The van der Waals surface area contributed by atoms with Crippen molar-refractivity contribution in [1.29, 1.82) is 0 Å². The summed E-state index contributed by atoms with van der Waals surface area (Å²) in [4.78, 5) is 0. The van der Waals surface area contributed by atoms with Crippen LogP contribution in [0, 0.1) is 0 Å². The number of rotatable bonds is 1. The van der Waals surface area contributed by atoms with E-state index in [2.05, 4.69) is 5.32 Å². The van der Waals surface area contributed by atoms with Crippen LogP contribution in [-0.2, 0) is 0 Å². The minimum absolute atomic E-state index is 0. The molecular weight excluding hydrogens is 258 g/mol. The monoisotopic (exact) mass is 273 g/mol. The molecule has 1 fully saturated rings. The van der Waals surface area contributed by atoms with Crippen LogP contribution in [0.2, 0.25) is 0 Å². The highest BCUT2D eigenvalue weighted by Gasteiger charge is 2.15. The van der Waals surface area contributed by atoms with Crippen LogP contribution < -0.4 is 5.32 Å². The number of phenols is 2. The van der Waals surface area contributed by atoms with E-state index in [-0.39, 0.29) is 28.5 Å². The molecule has 1 aromatic rings. The van der Waals surface area contributed by atoms with Gasteiger partial charge in [0.15, 0.2) is 11.5 Å². The highest BCUT2D eigenvalue weighted by molar-refractivity contribution is 8.93. The minimum Gasteiger partial charge on any atom is -0.504 e. The Morgan fingerprint density at radius 2 is 2.00 bits per heavy atom. The number of phenolic OH excluding ortho intramolecular Hbond substituents is 2. The number of hydrogen-bond donors (Lipinski definition) is 3. The van der Waals surface area contributed by atoms with Gasteiger partial charge in [-0.2, -0.15) is 0 Å². The molecule has 84 valence electrons. The van der Waals surface area contributed by atoms with E-state index in [4.69, 9.17) is 0 Å². The summed E-state index contributed by atoms with van der Waals surface area (Å²) in [6.07, 6.45) is 2.32. The van der Waals surface area contributed by atoms with Gasteiger partial charge in [0.1, 0.15) is 0 Å². The molecular formula is C11H16BrNO2. The topological polar surface area (TPSA) is 52.5 Å². The van der Waals surface area contributed by atoms with Crippen LogP contribution in [-0.4, -0.2) is 23.3 Å². The number of hydrogen-bond acceptors (Lipinski definition) is 3. The fourth-order valence-corrected chi connectivity index (χ4v) is 1.93. The van der Waals surface area contributed by atoms with Gasteiger partial charge in [-0.25, -0.2) is 0 Å². The molecule has 2 rings (SSSR count). The largest absolute Gasteiger partial charge is 0.504 e. The number of aromatic hydroxyl groups is 2. The summed E-state index contributed by atoms with van der Waals surface area (Å²) >= 11 is 0. The zero-order valence-electron chi connectivity index (χ0n) is 8.44. The van der Waals surface area contributed by atoms with Gasteiger partial charge in [-0.3, -0.25) is 0 Å². The lowest BCUT2D eigenvalue weighted by atomic mass is 9.91. The Labute approximate surface area is 99.9 Å². The van der Waals surface area contributed by atoms with E-state index in [0.29, 0.717) is 5.92 Å². The van der Waals surface area contributed by atoms with Gasteiger partial charge in [0.2, 0.25) is 0 Å². The number of benzene rings is 1. The van der Waals surface area contributed by atoms with Crippen molar-refractivity contribution in [3.05, 3.63) is 23.8 Å². The molecule has 1 atom stereocenters. The Hall–Kier alpha value is -0.740. The first-order chi connectivity index (χ1) is 6.77. The van der Waals surface area contributed by atoms with Gasteiger partial charge >= 0.3 is 0 Å². The van der Waals surface area contributed by atoms with E-state index in [1.807, 2.05) is 6.07 Å². The van der Waals surface area contributed by atoms with E-state index in [1.165, 1.54) is 6.42 Å². The molecule has 1 saturated heterocycles. The van der Waals surface area contributed by atoms with Crippen molar-refractivity contribution in [2.75, 3.05) is 13.1 Å². The van der Waals surface area contributed by atoms with Crippen LogP contribution in [0.15, 0.2) is 18.2 Å². The molecule has 1 heterocycles. The van der Waals surface area contributed by atoms with Crippen molar-refractivity contribution < 1.29 is 10.2 Å². The lowest BCUT2D eigenvalue weighted by molar-refractivity contribution is 0.400. The first kappa shape index (κ1) is 12.3. The van der Waals surface area contributed by atoms with Crippen molar-refractivity contribution in [3.8, 4) is 11.5 Å².